The van der Waals surface area contributed by atoms with Crippen molar-refractivity contribution in [3.63, 3.8) is 0 Å². The highest BCUT2D eigenvalue weighted by Gasteiger charge is 2.20. The van der Waals surface area contributed by atoms with Gasteiger partial charge < -0.3 is 16.0 Å². The molecule has 0 aromatic heterocycles. The molecule has 0 saturated carbocycles. The number of nitrogens with one attached hydrogen (secondary N) is 1. The summed E-state index contributed by atoms with van der Waals surface area (Å²) in [4.78, 5) is 2.52. The summed E-state index contributed by atoms with van der Waals surface area (Å²) in [6.45, 7) is 12.2. The van der Waals surface area contributed by atoms with Crippen LogP contribution in [0.25, 0.3) is 0 Å². The molecular formula is C16H27N3. The van der Waals surface area contributed by atoms with Gasteiger partial charge in [0.15, 0.2) is 0 Å². The predicted molar refractivity (Wildman–Crippen MR) is 81.3 cm³/mol. The van der Waals surface area contributed by atoms with Crippen LogP contribution in [0.5, 0.6) is 0 Å². The van der Waals surface area contributed by atoms with E-state index in [1.807, 2.05) is 0 Å². The topological polar surface area (TPSA) is 41.3 Å². The highest BCUT2D eigenvalue weighted by Crippen LogP contribution is 2.24. The zero-order valence-corrected chi connectivity index (χ0v) is 12.4. The fraction of sp³-hybridized carbons (Fsp3) is 0.625. The first kappa shape index (κ1) is 14.5. The quantitative estimate of drug-likeness (QED) is 0.869. The number of nitrogens with zero attached hydrogens (tertiary/aromatic N) is 1. The molecule has 3 N–H and O–H groups in total. The summed E-state index contributed by atoms with van der Waals surface area (Å²) in [6, 6.07) is 6.73. The van der Waals surface area contributed by atoms with E-state index in [0.29, 0.717) is 5.92 Å². The van der Waals surface area contributed by atoms with Crippen molar-refractivity contribution in [1.29, 1.82) is 0 Å². The minimum absolute atomic E-state index is 0.135. The molecule has 1 aliphatic rings. The van der Waals surface area contributed by atoms with Gasteiger partial charge in [0.05, 0.1) is 0 Å². The molecule has 0 amide bonds. The molecular weight excluding hydrogens is 234 g/mol. The zero-order valence-electron chi connectivity index (χ0n) is 12.4. The van der Waals surface area contributed by atoms with E-state index >= 15 is 0 Å². The number of nitrogens with two attached hydrogens (primary N) is 1. The van der Waals surface area contributed by atoms with Gasteiger partial charge in [0.25, 0.3) is 0 Å². The minimum atomic E-state index is 0.135. The van der Waals surface area contributed by atoms with Gasteiger partial charge in [-0.05, 0) is 30.9 Å². The molecule has 0 bridgehead atoms. The third kappa shape index (κ3) is 3.78. The van der Waals surface area contributed by atoms with Crippen LogP contribution in [0.3, 0.4) is 0 Å². The standard InChI is InChI=1S/C16H27N3/c1-12-4-5-15(13(2)10-12)16(17)14(3)11-19-8-6-18-7-9-19/h4-5,10,14,16,18H,6-9,11,17H2,1-3H3. The van der Waals surface area contributed by atoms with Gasteiger partial charge in [-0.1, -0.05) is 30.7 Å². The van der Waals surface area contributed by atoms with E-state index in [2.05, 4.69) is 49.2 Å². The van der Waals surface area contributed by atoms with Gasteiger partial charge in [-0.15, -0.1) is 0 Å². The van der Waals surface area contributed by atoms with Crippen LogP contribution in [0, 0.1) is 19.8 Å². The summed E-state index contributed by atoms with van der Waals surface area (Å²) >= 11 is 0. The maximum Gasteiger partial charge on any atom is 0.0335 e. The van der Waals surface area contributed by atoms with Crippen LogP contribution in [-0.4, -0.2) is 37.6 Å². The first-order valence-electron chi connectivity index (χ1n) is 7.33. The Labute approximate surface area is 117 Å². The molecule has 3 heteroatoms. The molecule has 1 aromatic rings. The van der Waals surface area contributed by atoms with E-state index < -0.39 is 0 Å². The number of rotatable bonds is 4. The molecule has 1 saturated heterocycles. The first-order valence-corrected chi connectivity index (χ1v) is 7.33. The molecule has 1 aromatic carbocycles. The van der Waals surface area contributed by atoms with Gasteiger partial charge in [0, 0.05) is 38.8 Å². The largest absolute Gasteiger partial charge is 0.324 e. The van der Waals surface area contributed by atoms with Gasteiger partial charge in [-0.3, -0.25) is 0 Å². The molecule has 0 radical (unpaired) electrons. The van der Waals surface area contributed by atoms with Crippen LogP contribution in [0.1, 0.15) is 29.7 Å². The van der Waals surface area contributed by atoms with Crippen molar-refractivity contribution in [3.8, 4) is 0 Å². The molecule has 106 valence electrons. The highest BCUT2D eigenvalue weighted by atomic mass is 15.2. The third-order valence-corrected chi connectivity index (χ3v) is 4.15. The minimum Gasteiger partial charge on any atom is -0.324 e. The maximum atomic E-state index is 6.46. The predicted octanol–water partition coefficient (Wildman–Crippen LogP) is 1.84. The monoisotopic (exact) mass is 261 g/mol. The van der Waals surface area contributed by atoms with E-state index in [1.54, 1.807) is 0 Å². The Morgan fingerprint density at radius 3 is 2.58 bits per heavy atom. The molecule has 2 rings (SSSR count). The van der Waals surface area contributed by atoms with Crippen molar-refractivity contribution < 1.29 is 0 Å². The molecule has 2 atom stereocenters. The molecule has 19 heavy (non-hydrogen) atoms. The Morgan fingerprint density at radius 1 is 1.26 bits per heavy atom. The number of hydrogen-bond acceptors (Lipinski definition) is 3. The van der Waals surface area contributed by atoms with Crippen molar-refractivity contribution in [2.24, 2.45) is 11.7 Å². The van der Waals surface area contributed by atoms with Crippen LogP contribution in [0.4, 0.5) is 0 Å². The lowest BCUT2D eigenvalue weighted by atomic mass is 9.91. The lowest BCUT2D eigenvalue weighted by molar-refractivity contribution is 0.199. The zero-order chi connectivity index (χ0) is 13.8. The summed E-state index contributed by atoms with van der Waals surface area (Å²) in [5.41, 5.74) is 10.4. The van der Waals surface area contributed by atoms with Gasteiger partial charge >= 0.3 is 0 Å². The Kier molecular flexibility index (Phi) is 4.97. The van der Waals surface area contributed by atoms with Crippen LogP contribution in [0.15, 0.2) is 18.2 Å². The lowest BCUT2D eigenvalue weighted by Crippen LogP contribution is -2.46. The Balaban J connectivity index is 1.99. The average Bonchev–Trinajstić information content (AvgIpc) is 2.39. The highest BCUT2D eigenvalue weighted by molar-refractivity contribution is 5.32. The number of aryl methyl sites for hydroxylation is 2. The summed E-state index contributed by atoms with van der Waals surface area (Å²) in [7, 11) is 0. The van der Waals surface area contributed by atoms with Crippen molar-refractivity contribution in [2.45, 2.75) is 26.8 Å². The van der Waals surface area contributed by atoms with Crippen LogP contribution in [0.2, 0.25) is 0 Å². The van der Waals surface area contributed by atoms with E-state index in [9.17, 15) is 0 Å². The molecule has 1 aliphatic heterocycles. The number of piperazine rings is 1. The van der Waals surface area contributed by atoms with Crippen molar-refractivity contribution in [2.75, 3.05) is 32.7 Å². The second kappa shape index (κ2) is 6.51. The Morgan fingerprint density at radius 2 is 1.95 bits per heavy atom. The molecule has 2 unspecified atom stereocenters. The average molecular weight is 261 g/mol. The summed E-state index contributed by atoms with van der Waals surface area (Å²) in [5.74, 6) is 0.486. The van der Waals surface area contributed by atoms with Crippen LogP contribution < -0.4 is 11.1 Å². The fourth-order valence-corrected chi connectivity index (χ4v) is 2.92. The van der Waals surface area contributed by atoms with Crippen LogP contribution >= 0.6 is 0 Å². The molecule has 1 fully saturated rings. The van der Waals surface area contributed by atoms with E-state index in [0.717, 1.165) is 32.7 Å². The molecule has 3 nitrogen and oxygen atoms in total. The van der Waals surface area contributed by atoms with Crippen molar-refractivity contribution >= 4 is 0 Å². The van der Waals surface area contributed by atoms with Gasteiger partial charge in [-0.25, -0.2) is 0 Å². The van der Waals surface area contributed by atoms with E-state index in [-0.39, 0.29) is 6.04 Å². The second-order valence-corrected chi connectivity index (χ2v) is 5.91. The first-order chi connectivity index (χ1) is 9.08. The second-order valence-electron chi connectivity index (χ2n) is 5.91. The summed E-state index contributed by atoms with van der Waals surface area (Å²) in [6.07, 6.45) is 0. The molecule has 0 aliphatic carbocycles. The maximum absolute atomic E-state index is 6.46. The van der Waals surface area contributed by atoms with Gasteiger partial charge in [0.1, 0.15) is 0 Å². The Bertz CT molecular complexity index is 410. The molecule has 0 spiro atoms. The fourth-order valence-electron chi connectivity index (χ4n) is 2.92. The normalized spacial score (nSPS) is 20.2. The molecule has 1 heterocycles. The van der Waals surface area contributed by atoms with E-state index in [1.165, 1.54) is 16.7 Å². The van der Waals surface area contributed by atoms with Gasteiger partial charge in [-0.2, -0.15) is 0 Å². The van der Waals surface area contributed by atoms with E-state index in [4.69, 9.17) is 5.73 Å². The van der Waals surface area contributed by atoms with Crippen molar-refractivity contribution in [3.05, 3.63) is 34.9 Å². The summed E-state index contributed by atoms with van der Waals surface area (Å²) in [5, 5.41) is 3.39. The van der Waals surface area contributed by atoms with Crippen molar-refractivity contribution in [1.82, 2.24) is 10.2 Å². The van der Waals surface area contributed by atoms with Gasteiger partial charge in [0.2, 0.25) is 0 Å². The SMILES string of the molecule is Cc1ccc(C(N)C(C)CN2CCNCC2)c(C)c1. The smallest absolute Gasteiger partial charge is 0.0335 e. The summed E-state index contributed by atoms with van der Waals surface area (Å²) < 4.78 is 0. The third-order valence-electron chi connectivity index (χ3n) is 4.15. The number of hydrogen-bond donors (Lipinski definition) is 2. The Hall–Kier alpha value is -0.900. The number of benzene rings is 1. The van der Waals surface area contributed by atoms with Crippen LogP contribution in [-0.2, 0) is 0 Å². The lowest BCUT2D eigenvalue weighted by Gasteiger charge is -2.32.